The van der Waals surface area contributed by atoms with Gasteiger partial charge in [0.25, 0.3) is 0 Å². The molecule has 0 spiro atoms. The van der Waals surface area contributed by atoms with Crippen molar-refractivity contribution < 1.29 is 19.0 Å². The summed E-state index contributed by atoms with van der Waals surface area (Å²) in [7, 11) is 0. The number of nitrogens with zero attached hydrogens (tertiary/aromatic N) is 4. The van der Waals surface area contributed by atoms with Crippen LogP contribution >= 0.6 is 0 Å². The van der Waals surface area contributed by atoms with E-state index >= 15 is 4.39 Å². The number of rotatable bonds is 3. The van der Waals surface area contributed by atoms with Crippen LogP contribution in [0, 0.1) is 11.6 Å². The molecular weight excluding hydrogens is 426 g/mol. The summed E-state index contributed by atoms with van der Waals surface area (Å²) in [5, 5.41) is 22.3. The Morgan fingerprint density at radius 3 is 2.73 bits per heavy atom. The topological polar surface area (TPSA) is 82.4 Å². The second kappa shape index (κ2) is 7.88. The number of aromatic hydroxyl groups is 1. The van der Waals surface area contributed by atoms with Gasteiger partial charge >= 0.3 is 0 Å². The lowest BCUT2D eigenvalue weighted by Crippen LogP contribution is -2.46. The van der Waals surface area contributed by atoms with Crippen LogP contribution in [0.1, 0.15) is 32.3 Å². The van der Waals surface area contributed by atoms with Crippen molar-refractivity contribution in [3.63, 3.8) is 0 Å². The summed E-state index contributed by atoms with van der Waals surface area (Å²) in [5.41, 5.74) is -0.0487. The van der Waals surface area contributed by atoms with E-state index in [1.54, 1.807) is 13.0 Å². The molecule has 0 saturated carbocycles. The molecule has 1 saturated heterocycles. The van der Waals surface area contributed by atoms with Crippen molar-refractivity contribution in [2.45, 2.75) is 38.7 Å². The van der Waals surface area contributed by atoms with E-state index in [4.69, 9.17) is 0 Å². The number of hydrogen-bond donors (Lipinski definition) is 2. The molecule has 4 aromatic rings. The van der Waals surface area contributed by atoms with Crippen LogP contribution in [-0.4, -0.2) is 43.9 Å². The maximum absolute atomic E-state index is 15.9. The van der Waals surface area contributed by atoms with Crippen LogP contribution in [0.15, 0.2) is 36.8 Å². The number of aliphatic hydroxyl groups is 1. The molecular formula is C25H24F2N4O2. The molecule has 1 aliphatic rings. The third-order valence-corrected chi connectivity index (χ3v) is 6.34. The Kier molecular flexibility index (Phi) is 5.12. The highest BCUT2D eigenvalue weighted by atomic mass is 19.1. The molecule has 8 heteroatoms. The average molecular weight is 450 g/mol. The van der Waals surface area contributed by atoms with Crippen molar-refractivity contribution >= 4 is 27.5 Å². The third kappa shape index (κ3) is 3.64. The number of halogens is 2. The quantitative estimate of drug-likeness (QED) is 0.469. The third-order valence-electron chi connectivity index (χ3n) is 6.34. The van der Waals surface area contributed by atoms with Gasteiger partial charge in [0.1, 0.15) is 34.9 Å². The molecule has 6 nitrogen and oxygen atoms in total. The van der Waals surface area contributed by atoms with E-state index < -0.39 is 11.4 Å². The van der Waals surface area contributed by atoms with Crippen molar-refractivity contribution in [2.75, 3.05) is 18.0 Å². The van der Waals surface area contributed by atoms with Gasteiger partial charge in [-0.25, -0.2) is 18.7 Å². The highest BCUT2D eigenvalue weighted by molar-refractivity contribution is 6.01. The highest BCUT2D eigenvalue weighted by Gasteiger charge is 2.30. The number of hydrogen-bond acceptors (Lipinski definition) is 6. The van der Waals surface area contributed by atoms with Crippen molar-refractivity contribution in [1.82, 2.24) is 15.0 Å². The Hall–Kier alpha value is -3.39. The first-order chi connectivity index (χ1) is 15.8. The molecule has 2 aromatic heterocycles. The van der Waals surface area contributed by atoms with Gasteiger partial charge in [-0.15, -0.1) is 0 Å². The fourth-order valence-corrected chi connectivity index (χ4v) is 4.85. The fraction of sp³-hybridized carbons (Fsp3) is 0.320. The smallest absolute Gasteiger partial charge is 0.175 e. The zero-order chi connectivity index (χ0) is 23.3. The molecule has 33 heavy (non-hydrogen) atoms. The average Bonchev–Trinajstić information content (AvgIpc) is 2.78. The largest absolute Gasteiger partial charge is 0.508 e. The Labute approximate surface area is 189 Å². The summed E-state index contributed by atoms with van der Waals surface area (Å²) in [6, 6.07) is 5.84. The van der Waals surface area contributed by atoms with E-state index in [2.05, 4.69) is 15.0 Å². The van der Waals surface area contributed by atoms with E-state index in [-0.39, 0.29) is 22.8 Å². The zero-order valence-corrected chi connectivity index (χ0v) is 18.4. The maximum Gasteiger partial charge on any atom is 0.175 e. The number of benzene rings is 2. The van der Waals surface area contributed by atoms with Gasteiger partial charge in [0.15, 0.2) is 5.82 Å². The molecule has 0 aliphatic carbocycles. The molecule has 2 aromatic carbocycles. The lowest BCUT2D eigenvalue weighted by Gasteiger charge is -2.37. The van der Waals surface area contributed by atoms with Gasteiger partial charge in [-0.2, -0.15) is 0 Å². The number of pyridine rings is 1. The van der Waals surface area contributed by atoms with Gasteiger partial charge in [-0.1, -0.05) is 13.0 Å². The number of phenolic OH excluding ortho intramolecular Hbond substituents is 1. The lowest BCUT2D eigenvalue weighted by atomic mass is 9.94. The van der Waals surface area contributed by atoms with Crippen molar-refractivity contribution in [3.05, 3.63) is 54.0 Å². The standard InChI is InChI=1S/C25H24F2N4O2/c1-3-16-19(26)6-5-14-9-15(32)10-17(20(14)16)22-21(27)23-18(11-28-22)24(30-13-29-23)31-8-4-7-25(2,33)12-31/h5-6,9-11,13,32-33H,3-4,7-8,12H2,1-2H3/t25-/m1/s1. The van der Waals surface area contributed by atoms with E-state index in [1.165, 1.54) is 30.7 Å². The molecule has 5 rings (SSSR count). The number of fused-ring (bicyclic) bond motifs is 2. The summed E-state index contributed by atoms with van der Waals surface area (Å²) in [5.74, 6) is -0.608. The van der Waals surface area contributed by atoms with Gasteiger partial charge in [0, 0.05) is 24.8 Å². The monoisotopic (exact) mass is 450 g/mol. The van der Waals surface area contributed by atoms with Gasteiger partial charge in [-0.3, -0.25) is 4.98 Å². The summed E-state index contributed by atoms with van der Waals surface area (Å²) in [6.07, 6.45) is 4.67. The molecule has 1 aliphatic heterocycles. The molecule has 2 N–H and O–H groups in total. The van der Waals surface area contributed by atoms with Gasteiger partial charge in [0.2, 0.25) is 0 Å². The summed E-state index contributed by atoms with van der Waals surface area (Å²) in [4.78, 5) is 14.8. The molecule has 1 atom stereocenters. The Morgan fingerprint density at radius 1 is 1.15 bits per heavy atom. The first kappa shape index (κ1) is 21.5. The van der Waals surface area contributed by atoms with Crippen LogP contribution < -0.4 is 4.90 Å². The zero-order valence-electron chi connectivity index (χ0n) is 18.4. The van der Waals surface area contributed by atoms with E-state index in [1.807, 2.05) is 11.8 Å². The number of aryl methyl sites for hydroxylation is 1. The van der Waals surface area contributed by atoms with Crippen LogP contribution in [0.4, 0.5) is 14.6 Å². The minimum atomic E-state index is -0.859. The maximum atomic E-state index is 15.9. The van der Waals surface area contributed by atoms with Crippen molar-refractivity contribution in [1.29, 1.82) is 0 Å². The van der Waals surface area contributed by atoms with Crippen LogP contribution in [0.25, 0.3) is 32.9 Å². The predicted octanol–water partition coefficient (Wildman–Crippen LogP) is 4.74. The van der Waals surface area contributed by atoms with Crippen molar-refractivity contribution in [2.24, 2.45) is 0 Å². The molecule has 3 heterocycles. The Balaban J connectivity index is 1.73. The van der Waals surface area contributed by atoms with Crippen molar-refractivity contribution in [3.8, 4) is 17.0 Å². The fourth-order valence-electron chi connectivity index (χ4n) is 4.85. The lowest BCUT2D eigenvalue weighted by molar-refractivity contribution is 0.0448. The number of piperidine rings is 1. The van der Waals surface area contributed by atoms with Gasteiger partial charge in [-0.05, 0) is 60.7 Å². The predicted molar refractivity (Wildman–Crippen MR) is 123 cm³/mol. The van der Waals surface area contributed by atoms with Crippen LogP contribution in [0.3, 0.4) is 0 Å². The summed E-state index contributed by atoms with van der Waals surface area (Å²) < 4.78 is 30.4. The van der Waals surface area contributed by atoms with Gasteiger partial charge in [0.05, 0.1) is 11.0 Å². The molecule has 0 unspecified atom stereocenters. The highest BCUT2D eigenvalue weighted by Crippen LogP contribution is 2.38. The number of anilines is 1. The minimum absolute atomic E-state index is 0.0148. The SMILES string of the molecule is CCc1c(F)ccc2cc(O)cc(-c3ncc4c(N5CCC[C@@](C)(O)C5)ncnc4c3F)c12. The summed E-state index contributed by atoms with van der Waals surface area (Å²) >= 11 is 0. The molecule has 0 radical (unpaired) electrons. The number of β-amino-alcohol motifs (C(OH)–C–C–N with tert-alkyl or cyclic N) is 1. The van der Waals surface area contributed by atoms with E-state index in [9.17, 15) is 14.6 Å². The van der Waals surface area contributed by atoms with E-state index in [0.29, 0.717) is 59.0 Å². The summed E-state index contributed by atoms with van der Waals surface area (Å²) in [6.45, 7) is 4.66. The van der Waals surface area contributed by atoms with E-state index in [0.717, 1.165) is 6.42 Å². The molecule has 0 amide bonds. The Bertz CT molecular complexity index is 1390. The van der Waals surface area contributed by atoms with Gasteiger partial charge < -0.3 is 15.1 Å². The second-order valence-corrected chi connectivity index (χ2v) is 8.87. The molecule has 170 valence electrons. The minimum Gasteiger partial charge on any atom is -0.508 e. The van der Waals surface area contributed by atoms with Crippen LogP contribution in [-0.2, 0) is 6.42 Å². The van der Waals surface area contributed by atoms with Crippen LogP contribution in [0.5, 0.6) is 5.75 Å². The number of aromatic nitrogens is 3. The second-order valence-electron chi connectivity index (χ2n) is 8.87. The Morgan fingerprint density at radius 2 is 1.97 bits per heavy atom. The van der Waals surface area contributed by atoms with Crippen LogP contribution in [0.2, 0.25) is 0 Å². The first-order valence-electron chi connectivity index (χ1n) is 11.0. The number of phenols is 1. The first-order valence-corrected chi connectivity index (χ1v) is 11.0. The molecule has 0 bridgehead atoms. The normalized spacial score (nSPS) is 18.9. The molecule has 1 fully saturated rings.